The van der Waals surface area contributed by atoms with Crippen LogP contribution in [0.3, 0.4) is 0 Å². The Kier molecular flexibility index (Phi) is 5.57. The molecule has 0 radical (unpaired) electrons. The number of piperazine rings is 2. The molecule has 2 atom stereocenters. The minimum absolute atomic E-state index is 0.0346. The van der Waals surface area contributed by atoms with Crippen molar-refractivity contribution in [2.24, 2.45) is 5.92 Å². The second-order valence-electron chi connectivity index (χ2n) is 8.43. The summed E-state index contributed by atoms with van der Waals surface area (Å²) in [6.07, 6.45) is 0.629. The Balaban J connectivity index is 1.45. The summed E-state index contributed by atoms with van der Waals surface area (Å²) in [6.45, 7) is 5.12. The molecule has 2 aromatic rings. The summed E-state index contributed by atoms with van der Waals surface area (Å²) in [4.78, 5) is 41.7. The van der Waals surface area contributed by atoms with E-state index in [4.69, 9.17) is 0 Å². The highest BCUT2D eigenvalue weighted by Crippen LogP contribution is 2.23. The highest BCUT2D eigenvalue weighted by molar-refractivity contribution is 5.99. The lowest BCUT2D eigenvalue weighted by atomic mass is 9.97. The van der Waals surface area contributed by atoms with Crippen molar-refractivity contribution in [3.05, 3.63) is 60.2 Å². The normalized spacial score (nSPS) is 21.4. The van der Waals surface area contributed by atoms with Crippen molar-refractivity contribution in [1.82, 2.24) is 15.1 Å². The number of nitrogens with zero attached hydrogens (tertiary/aromatic N) is 2. The molecule has 2 fully saturated rings. The van der Waals surface area contributed by atoms with E-state index < -0.39 is 12.1 Å². The first-order chi connectivity index (χ1) is 14.4. The van der Waals surface area contributed by atoms with Gasteiger partial charge in [-0.2, -0.15) is 0 Å². The second-order valence-corrected chi connectivity index (χ2v) is 8.43. The zero-order valence-corrected chi connectivity index (χ0v) is 17.4. The van der Waals surface area contributed by atoms with Gasteiger partial charge in [-0.05, 0) is 35.6 Å². The maximum absolute atomic E-state index is 13.0. The Hall–Kier alpha value is -3.15. The number of hydrogen-bond acceptors (Lipinski definition) is 3. The van der Waals surface area contributed by atoms with E-state index >= 15 is 0 Å². The second kappa shape index (κ2) is 8.30. The minimum atomic E-state index is -0.609. The monoisotopic (exact) mass is 405 g/mol. The molecule has 2 aliphatic heterocycles. The van der Waals surface area contributed by atoms with Gasteiger partial charge in [-0.1, -0.05) is 56.3 Å². The fraction of sp³-hybridized carbons (Fsp3) is 0.375. The summed E-state index contributed by atoms with van der Waals surface area (Å²) < 4.78 is 0. The molecular weight excluding hydrogens is 378 g/mol. The number of fused-ring (bicyclic) bond motifs is 1. The summed E-state index contributed by atoms with van der Waals surface area (Å²) in [5.74, 6) is 0.00104. The quantitative estimate of drug-likeness (QED) is 0.850. The van der Waals surface area contributed by atoms with Gasteiger partial charge in [0.15, 0.2) is 0 Å². The summed E-state index contributed by atoms with van der Waals surface area (Å²) in [7, 11) is 0. The fourth-order valence-electron chi connectivity index (χ4n) is 4.23. The van der Waals surface area contributed by atoms with E-state index in [1.165, 1.54) is 0 Å². The van der Waals surface area contributed by atoms with Crippen molar-refractivity contribution < 1.29 is 14.4 Å². The zero-order chi connectivity index (χ0) is 21.3. The molecule has 0 saturated carbocycles. The van der Waals surface area contributed by atoms with Crippen LogP contribution in [0.15, 0.2) is 54.6 Å². The Morgan fingerprint density at radius 2 is 1.67 bits per heavy atom. The molecule has 3 amide bonds. The molecule has 0 unspecified atom stereocenters. The van der Waals surface area contributed by atoms with Gasteiger partial charge in [0.05, 0.1) is 6.54 Å². The first-order valence-electron chi connectivity index (χ1n) is 10.5. The highest BCUT2D eigenvalue weighted by atomic mass is 16.2. The molecule has 6 nitrogen and oxygen atoms in total. The highest BCUT2D eigenvalue weighted by Gasteiger charge is 2.44. The molecule has 2 aliphatic rings. The largest absolute Gasteiger partial charge is 0.342 e. The van der Waals surface area contributed by atoms with Gasteiger partial charge in [-0.15, -0.1) is 0 Å². The average molecular weight is 405 g/mol. The summed E-state index contributed by atoms with van der Waals surface area (Å²) in [5.41, 5.74) is 2.73. The van der Waals surface area contributed by atoms with Crippen molar-refractivity contribution in [2.45, 2.75) is 32.4 Å². The molecule has 0 aliphatic carbocycles. The molecule has 1 N–H and O–H groups in total. The predicted octanol–water partition coefficient (Wildman–Crippen LogP) is 2.55. The number of amides is 3. The number of carbonyl (C=O) groups is 3. The lowest BCUT2D eigenvalue weighted by Gasteiger charge is -2.45. The first kappa shape index (κ1) is 20.1. The number of carbonyl (C=O) groups excluding carboxylic acids is 3. The van der Waals surface area contributed by atoms with Gasteiger partial charge in [-0.25, -0.2) is 0 Å². The van der Waals surface area contributed by atoms with Crippen LogP contribution < -0.4 is 5.32 Å². The molecule has 0 spiro atoms. The van der Waals surface area contributed by atoms with Crippen molar-refractivity contribution in [3.63, 3.8) is 0 Å². The maximum Gasteiger partial charge on any atom is 0.253 e. The molecule has 6 heteroatoms. The number of benzene rings is 2. The van der Waals surface area contributed by atoms with Crippen LogP contribution in [0.1, 0.15) is 30.6 Å². The third kappa shape index (κ3) is 3.95. The van der Waals surface area contributed by atoms with E-state index in [1.807, 2.05) is 68.4 Å². The SMILES string of the molecule is CC(C)C[C@@H]1NC(=O)[C@H]2CN(C(=O)c3ccc(-c4ccccc4)cc3)CCN2C1=O. The summed E-state index contributed by atoms with van der Waals surface area (Å²) in [6, 6.07) is 16.4. The molecule has 0 bridgehead atoms. The van der Waals surface area contributed by atoms with Crippen LogP contribution >= 0.6 is 0 Å². The van der Waals surface area contributed by atoms with Gasteiger partial charge in [0, 0.05) is 18.7 Å². The number of rotatable bonds is 4. The van der Waals surface area contributed by atoms with Crippen LogP contribution in [0, 0.1) is 5.92 Å². The smallest absolute Gasteiger partial charge is 0.253 e. The minimum Gasteiger partial charge on any atom is -0.342 e. The number of nitrogens with one attached hydrogen (secondary N) is 1. The Labute approximate surface area is 176 Å². The van der Waals surface area contributed by atoms with Crippen LogP contribution in [-0.2, 0) is 9.59 Å². The van der Waals surface area contributed by atoms with Gasteiger partial charge >= 0.3 is 0 Å². The van der Waals surface area contributed by atoms with Crippen LogP contribution in [0.2, 0.25) is 0 Å². The Morgan fingerprint density at radius 3 is 2.33 bits per heavy atom. The molecule has 2 saturated heterocycles. The van der Waals surface area contributed by atoms with E-state index in [0.717, 1.165) is 11.1 Å². The Bertz CT molecular complexity index is 940. The molecule has 4 rings (SSSR count). The van der Waals surface area contributed by atoms with Crippen LogP contribution in [0.5, 0.6) is 0 Å². The van der Waals surface area contributed by atoms with Crippen molar-refractivity contribution in [3.8, 4) is 11.1 Å². The van der Waals surface area contributed by atoms with Crippen molar-refractivity contribution >= 4 is 17.7 Å². The lowest BCUT2D eigenvalue weighted by Crippen LogP contribution is -2.69. The maximum atomic E-state index is 13.0. The average Bonchev–Trinajstić information content (AvgIpc) is 2.77. The van der Waals surface area contributed by atoms with Crippen LogP contribution in [-0.4, -0.2) is 59.2 Å². The van der Waals surface area contributed by atoms with Crippen LogP contribution in [0.4, 0.5) is 0 Å². The molecule has 156 valence electrons. The fourth-order valence-corrected chi connectivity index (χ4v) is 4.23. The van der Waals surface area contributed by atoms with Crippen LogP contribution in [0.25, 0.3) is 11.1 Å². The molecule has 0 aromatic heterocycles. The van der Waals surface area contributed by atoms with E-state index in [9.17, 15) is 14.4 Å². The third-order valence-electron chi connectivity index (χ3n) is 5.81. The van der Waals surface area contributed by atoms with Gasteiger partial charge < -0.3 is 15.1 Å². The molecule has 30 heavy (non-hydrogen) atoms. The topological polar surface area (TPSA) is 69.7 Å². The van der Waals surface area contributed by atoms with E-state index in [2.05, 4.69) is 5.32 Å². The van der Waals surface area contributed by atoms with Gasteiger partial charge in [0.1, 0.15) is 12.1 Å². The van der Waals surface area contributed by atoms with Crippen molar-refractivity contribution in [2.75, 3.05) is 19.6 Å². The van der Waals surface area contributed by atoms with Gasteiger partial charge in [-0.3, -0.25) is 14.4 Å². The third-order valence-corrected chi connectivity index (χ3v) is 5.81. The van der Waals surface area contributed by atoms with E-state index in [1.54, 1.807) is 9.80 Å². The number of hydrogen-bond donors (Lipinski definition) is 1. The van der Waals surface area contributed by atoms with Gasteiger partial charge in [0.2, 0.25) is 11.8 Å². The Morgan fingerprint density at radius 1 is 1.00 bits per heavy atom. The summed E-state index contributed by atoms with van der Waals surface area (Å²) >= 11 is 0. The van der Waals surface area contributed by atoms with E-state index in [-0.39, 0.29) is 24.3 Å². The molecular formula is C24H27N3O3. The molecule has 2 heterocycles. The van der Waals surface area contributed by atoms with Crippen molar-refractivity contribution in [1.29, 1.82) is 0 Å². The zero-order valence-electron chi connectivity index (χ0n) is 17.4. The standard InChI is InChI=1S/C24H27N3O3/c1-16(2)14-20-24(30)27-13-12-26(15-21(27)22(28)25-20)23(29)19-10-8-18(9-11-19)17-6-4-3-5-7-17/h3-11,16,20-21H,12-15H2,1-2H3,(H,25,28)/t20-,21+/m0/s1. The van der Waals surface area contributed by atoms with E-state index in [0.29, 0.717) is 31.0 Å². The van der Waals surface area contributed by atoms with Gasteiger partial charge in [0.25, 0.3) is 5.91 Å². The summed E-state index contributed by atoms with van der Waals surface area (Å²) in [5, 5.41) is 2.85. The first-order valence-corrected chi connectivity index (χ1v) is 10.5. The molecule has 2 aromatic carbocycles. The lowest BCUT2D eigenvalue weighted by molar-refractivity contribution is -0.152. The predicted molar refractivity (Wildman–Crippen MR) is 115 cm³/mol.